The number of nitrogens with zero attached hydrogens (tertiary/aromatic N) is 2. The summed E-state index contributed by atoms with van der Waals surface area (Å²) in [6.07, 6.45) is 0. The molecule has 6 nitrogen and oxygen atoms in total. The van der Waals surface area contributed by atoms with Crippen molar-refractivity contribution in [3.05, 3.63) is 70.1 Å². The molecule has 2 amide bonds. The molecule has 0 aliphatic heterocycles. The van der Waals surface area contributed by atoms with E-state index >= 15 is 0 Å². The van der Waals surface area contributed by atoms with Crippen LogP contribution in [0, 0.1) is 6.92 Å². The highest BCUT2D eigenvalue weighted by atomic mass is 16.2. The summed E-state index contributed by atoms with van der Waals surface area (Å²) < 4.78 is 1.29. The Balaban J connectivity index is 1.77. The number of rotatable bonds is 3. The first-order valence-corrected chi connectivity index (χ1v) is 7.61. The zero-order valence-corrected chi connectivity index (χ0v) is 13.5. The van der Waals surface area contributed by atoms with Gasteiger partial charge in [0.05, 0.1) is 17.6 Å². The van der Waals surface area contributed by atoms with E-state index in [9.17, 15) is 9.59 Å². The number of fused-ring (bicyclic) bond motifs is 1. The van der Waals surface area contributed by atoms with Gasteiger partial charge in [0, 0.05) is 18.1 Å². The van der Waals surface area contributed by atoms with Crippen LogP contribution in [0.1, 0.15) is 11.3 Å². The number of aromatic nitrogens is 2. The van der Waals surface area contributed by atoms with Gasteiger partial charge in [-0.2, -0.15) is 5.10 Å². The van der Waals surface area contributed by atoms with E-state index in [0.29, 0.717) is 11.1 Å². The van der Waals surface area contributed by atoms with Crippen LogP contribution in [0.5, 0.6) is 0 Å². The Bertz CT molecular complexity index is 963. The largest absolute Gasteiger partial charge is 0.332 e. The van der Waals surface area contributed by atoms with Gasteiger partial charge in [-0.15, -0.1) is 0 Å². The lowest BCUT2D eigenvalue weighted by Gasteiger charge is -2.10. The number of urea groups is 1. The molecule has 6 heteroatoms. The van der Waals surface area contributed by atoms with Crippen LogP contribution < -0.4 is 16.2 Å². The Labute approximate surface area is 139 Å². The first-order chi connectivity index (χ1) is 11.5. The fraction of sp³-hybridized carbons (Fsp3) is 0.167. The molecule has 0 spiro atoms. The van der Waals surface area contributed by atoms with Crippen LogP contribution in [0.25, 0.3) is 10.8 Å². The second-order valence-electron chi connectivity index (χ2n) is 5.60. The quantitative estimate of drug-likeness (QED) is 0.778. The second kappa shape index (κ2) is 6.54. The van der Waals surface area contributed by atoms with Gasteiger partial charge in [0.1, 0.15) is 0 Å². The Kier molecular flexibility index (Phi) is 4.29. The molecule has 122 valence electrons. The summed E-state index contributed by atoms with van der Waals surface area (Å²) in [4.78, 5) is 24.2. The first-order valence-electron chi connectivity index (χ1n) is 7.61. The van der Waals surface area contributed by atoms with Crippen LogP contribution in [0.15, 0.2) is 53.3 Å². The minimum Gasteiger partial charge on any atom is -0.332 e. The van der Waals surface area contributed by atoms with E-state index in [-0.39, 0.29) is 18.1 Å². The molecule has 0 saturated heterocycles. The van der Waals surface area contributed by atoms with Crippen molar-refractivity contribution in [1.29, 1.82) is 0 Å². The van der Waals surface area contributed by atoms with Crippen LogP contribution in [0.3, 0.4) is 0 Å². The molecule has 0 radical (unpaired) electrons. The zero-order chi connectivity index (χ0) is 17.1. The van der Waals surface area contributed by atoms with Crippen molar-refractivity contribution >= 4 is 22.5 Å². The number of amides is 2. The maximum absolute atomic E-state index is 12.1. The van der Waals surface area contributed by atoms with Crippen molar-refractivity contribution < 1.29 is 4.79 Å². The molecule has 2 aromatic carbocycles. The van der Waals surface area contributed by atoms with E-state index in [2.05, 4.69) is 15.7 Å². The molecule has 0 fully saturated rings. The van der Waals surface area contributed by atoms with Gasteiger partial charge in [-0.05, 0) is 30.7 Å². The molecule has 24 heavy (non-hydrogen) atoms. The molecule has 0 saturated carbocycles. The number of hydrogen-bond acceptors (Lipinski definition) is 3. The van der Waals surface area contributed by atoms with Gasteiger partial charge < -0.3 is 10.6 Å². The summed E-state index contributed by atoms with van der Waals surface area (Å²) in [5, 5.41) is 11.1. The minimum atomic E-state index is -0.319. The number of carbonyl (C=O) groups excluding carboxylic acids is 1. The van der Waals surface area contributed by atoms with Crippen molar-refractivity contribution in [2.24, 2.45) is 7.05 Å². The van der Waals surface area contributed by atoms with E-state index in [1.807, 2.05) is 49.4 Å². The van der Waals surface area contributed by atoms with E-state index < -0.39 is 0 Å². The maximum atomic E-state index is 12.1. The van der Waals surface area contributed by atoms with Crippen LogP contribution >= 0.6 is 0 Å². The van der Waals surface area contributed by atoms with E-state index in [4.69, 9.17) is 0 Å². The van der Waals surface area contributed by atoms with Crippen LogP contribution in [0.4, 0.5) is 10.5 Å². The fourth-order valence-corrected chi connectivity index (χ4v) is 2.57. The number of carbonyl (C=O) groups is 1. The highest BCUT2D eigenvalue weighted by molar-refractivity contribution is 5.90. The first kappa shape index (κ1) is 15.7. The Morgan fingerprint density at radius 1 is 1.12 bits per heavy atom. The third kappa shape index (κ3) is 3.27. The molecule has 0 aliphatic carbocycles. The Hall–Kier alpha value is -3.15. The molecule has 3 aromatic rings. The van der Waals surface area contributed by atoms with Gasteiger partial charge in [-0.3, -0.25) is 4.79 Å². The molecule has 0 atom stereocenters. The van der Waals surface area contributed by atoms with E-state index in [1.165, 1.54) is 4.68 Å². The van der Waals surface area contributed by atoms with Gasteiger partial charge in [0.15, 0.2) is 0 Å². The predicted molar refractivity (Wildman–Crippen MR) is 94.0 cm³/mol. The lowest BCUT2D eigenvalue weighted by atomic mass is 10.1. The standard InChI is InChI=1S/C18H18N4O2/c1-12-6-5-7-13(10-12)20-18(24)19-11-16-14-8-3-4-9-15(14)17(23)22(2)21-16/h3-10H,11H2,1-2H3,(H2,19,20,24). The number of hydrogen-bond donors (Lipinski definition) is 2. The SMILES string of the molecule is Cc1cccc(NC(=O)NCc2nn(C)c(=O)c3ccccc23)c1. The van der Waals surface area contributed by atoms with Crippen LogP contribution in [0.2, 0.25) is 0 Å². The fourth-order valence-electron chi connectivity index (χ4n) is 2.57. The molecule has 0 unspecified atom stereocenters. The summed E-state index contributed by atoms with van der Waals surface area (Å²) in [7, 11) is 1.60. The number of nitrogens with one attached hydrogen (secondary N) is 2. The summed E-state index contributed by atoms with van der Waals surface area (Å²) in [6.45, 7) is 2.19. The molecule has 2 N–H and O–H groups in total. The van der Waals surface area contributed by atoms with Crippen molar-refractivity contribution in [3.8, 4) is 0 Å². The van der Waals surface area contributed by atoms with Gasteiger partial charge in [-0.1, -0.05) is 30.3 Å². The summed E-state index contributed by atoms with van der Waals surface area (Å²) in [5.74, 6) is 0. The number of benzene rings is 2. The van der Waals surface area contributed by atoms with E-state index in [1.54, 1.807) is 13.1 Å². The highest BCUT2D eigenvalue weighted by Crippen LogP contribution is 2.13. The van der Waals surface area contributed by atoms with E-state index in [0.717, 1.165) is 16.6 Å². The lowest BCUT2D eigenvalue weighted by molar-refractivity contribution is 0.251. The maximum Gasteiger partial charge on any atom is 0.319 e. The highest BCUT2D eigenvalue weighted by Gasteiger charge is 2.09. The molecule has 3 rings (SSSR count). The average molecular weight is 322 g/mol. The van der Waals surface area contributed by atoms with Crippen molar-refractivity contribution in [2.45, 2.75) is 13.5 Å². The Morgan fingerprint density at radius 3 is 2.62 bits per heavy atom. The second-order valence-corrected chi connectivity index (χ2v) is 5.60. The van der Waals surface area contributed by atoms with Gasteiger partial charge in [0.25, 0.3) is 5.56 Å². The lowest BCUT2D eigenvalue weighted by Crippen LogP contribution is -2.30. The van der Waals surface area contributed by atoms with Gasteiger partial charge in [0.2, 0.25) is 0 Å². The minimum absolute atomic E-state index is 0.154. The van der Waals surface area contributed by atoms with Crippen LogP contribution in [-0.2, 0) is 13.6 Å². The Morgan fingerprint density at radius 2 is 1.88 bits per heavy atom. The van der Waals surface area contributed by atoms with Crippen molar-refractivity contribution in [3.63, 3.8) is 0 Å². The van der Waals surface area contributed by atoms with Crippen LogP contribution in [-0.4, -0.2) is 15.8 Å². The molecule has 0 bridgehead atoms. The number of aryl methyl sites for hydroxylation is 2. The third-order valence-electron chi connectivity index (χ3n) is 3.73. The molecule has 0 aliphatic rings. The smallest absolute Gasteiger partial charge is 0.319 e. The summed E-state index contributed by atoms with van der Waals surface area (Å²) in [5.41, 5.74) is 2.29. The van der Waals surface area contributed by atoms with Gasteiger partial charge in [-0.25, -0.2) is 9.48 Å². The average Bonchev–Trinajstić information content (AvgIpc) is 2.57. The monoisotopic (exact) mass is 322 g/mol. The summed E-state index contributed by atoms with van der Waals surface area (Å²) >= 11 is 0. The predicted octanol–water partition coefficient (Wildman–Crippen LogP) is 2.56. The number of anilines is 1. The molecule has 1 aromatic heterocycles. The normalized spacial score (nSPS) is 10.6. The molecular weight excluding hydrogens is 304 g/mol. The van der Waals surface area contributed by atoms with Gasteiger partial charge >= 0.3 is 6.03 Å². The van der Waals surface area contributed by atoms with Crippen molar-refractivity contribution in [2.75, 3.05) is 5.32 Å². The third-order valence-corrected chi connectivity index (χ3v) is 3.73. The topological polar surface area (TPSA) is 76.0 Å². The molecule has 1 heterocycles. The summed E-state index contributed by atoms with van der Waals surface area (Å²) in [6, 6.07) is 14.5. The zero-order valence-electron chi connectivity index (χ0n) is 13.5. The molecular formula is C18H18N4O2. The van der Waals surface area contributed by atoms with Crippen molar-refractivity contribution in [1.82, 2.24) is 15.1 Å².